The van der Waals surface area contributed by atoms with Gasteiger partial charge < -0.3 is 15.2 Å². The van der Waals surface area contributed by atoms with Gasteiger partial charge in [0.15, 0.2) is 0 Å². The lowest BCUT2D eigenvalue weighted by atomic mass is 9.99. The number of ether oxygens (including phenoxy) is 1. The lowest BCUT2D eigenvalue weighted by Crippen LogP contribution is -2.63. The fourth-order valence-corrected chi connectivity index (χ4v) is 1.68. The van der Waals surface area contributed by atoms with Gasteiger partial charge in [0.1, 0.15) is 5.60 Å². The summed E-state index contributed by atoms with van der Waals surface area (Å²) in [4.78, 5) is 13.6. The van der Waals surface area contributed by atoms with Crippen LogP contribution in [0.15, 0.2) is 0 Å². The first-order valence-corrected chi connectivity index (χ1v) is 5.61. The van der Waals surface area contributed by atoms with Gasteiger partial charge >= 0.3 is 6.09 Å². The Morgan fingerprint density at radius 2 is 2.19 bits per heavy atom. The summed E-state index contributed by atoms with van der Waals surface area (Å²) < 4.78 is 5.32. The van der Waals surface area contributed by atoms with E-state index in [0.717, 1.165) is 6.54 Å². The van der Waals surface area contributed by atoms with Crippen molar-refractivity contribution in [2.75, 3.05) is 26.2 Å². The first kappa shape index (κ1) is 13.3. The van der Waals surface area contributed by atoms with E-state index in [1.807, 2.05) is 27.7 Å². The van der Waals surface area contributed by atoms with E-state index in [0.29, 0.717) is 13.1 Å². The average Bonchev–Trinajstić information content (AvgIpc) is 2.15. The van der Waals surface area contributed by atoms with E-state index in [-0.39, 0.29) is 12.7 Å². The van der Waals surface area contributed by atoms with Crippen LogP contribution in [0.4, 0.5) is 4.79 Å². The van der Waals surface area contributed by atoms with Crippen LogP contribution < -0.4 is 5.32 Å². The second-order valence-electron chi connectivity index (χ2n) is 5.46. The summed E-state index contributed by atoms with van der Waals surface area (Å²) in [5.41, 5.74) is -1.07. The Kier molecular flexibility index (Phi) is 3.80. The van der Waals surface area contributed by atoms with Gasteiger partial charge in [-0.1, -0.05) is 0 Å². The maximum Gasteiger partial charge on any atom is 0.410 e. The Bertz CT molecular complexity index is 262. The highest BCUT2D eigenvalue weighted by Crippen LogP contribution is 2.20. The van der Waals surface area contributed by atoms with Crippen LogP contribution in [0.1, 0.15) is 27.7 Å². The molecule has 0 spiro atoms. The summed E-state index contributed by atoms with van der Waals surface area (Å²) in [5, 5.41) is 12.5. The second-order valence-corrected chi connectivity index (χ2v) is 5.46. The third kappa shape index (κ3) is 3.09. The largest absolute Gasteiger partial charge is 0.444 e. The van der Waals surface area contributed by atoms with Crippen LogP contribution in [0.3, 0.4) is 0 Å². The molecule has 5 nitrogen and oxygen atoms in total. The zero-order valence-electron chi connectivity index (χ0n) is 10.5. The molecule has 1 atom stereocenters. The molecule has 1 unspecified atom stereocenters. The van der Waals surface area contributed by atoms with E-state index in [2.05, 4.69) is 5.32 Å². The van der Waals surface area contributed by atoms with E-state index >= 15 is 0 Å². The molecule has 1 rings (SSSR count). The third-order valence-electron chi connectivity index (χ3n) is 2.62. The van der Waals surface area contributed by atoms with E-state index in [9.17, 15) is 9.90 Å². The molecule has 0 saturated carbocycles. The molecular formula is C11H22N2O3. The van der Waals surface area contributed by atoms with Gasteiger partial charge in [-0.05, 0) is 27.7 Å². The van der Waals surface area contributed by atoms with E-state index in [1.54, 1.807) is 4.90 Å². The number of hydrogen-bond acceptors (Lipinski definition) is 4. The van der Waals surface area contributed by atoms with Crippen molar-refractivity contribution in [1.82, 2.24) is 10.2 Å². The van der Waals surface area contributed by atoms with E-state index in [4.69, 9.17) is 4.74 Å². The molecule has 0 aromatic rings. The van der Waals surface area contributed by atoms with Gasteiger partial charge in [-0.2, -0.15) is 0 Å². The van der Waals surface area contributed by atoms with Crippen molar-refractivity contribution in [2.24, 2.45) is 0 Å². The standard InChI is InChI=1S/C11H22N2O3/c1-10(2,3)16-9(15)13-6-5-12-7-11(13,4)8-14/h12,14H,5-8H2,1-4H3. The summed E-state index contributed by atoms with van der Waals surface area (Å²) in [6.45, 7) is 9.17. The van der Waals surface area contributed by atoms with Crippen molar-refractivity contribution in [3.05, 3.63) is 0 Å². The number of hydrogen-bond donors (Lipinski definition) is 2. The molecular weight excluding hydrogens is 208 g/mol. The van der Waals surface area contributed by atoms with Gasteiger partial charge in [-0.3, -0.25) is 4.90 Å². The summed E-state index contributed by atoms with van der Waals surface area (Å²) in [6.07, 6.45) is -0.356. The SMILES string of the molecule is CC(C)(C)OC(=O)N1CCNCC1(C)CO. The molecule has 1 fully saturated rings. The molecule has 0 aromatic heterocycles. The van der Waals surface area contributed by atoms with Crippen molar-refractivity contribution < 1.29 is 14.6 Å². The van der Waals surface area contributed by atoms with Crippen LogP contribution in [0, 0.1) is 0 Å². The normalized spacial score (nSPS) is 26.7. The Balaban J connectivity index is 2.72. The molecule has 0 bridgehead atoms. The molecule has 1 amide bonds. The van der Waals surface area contributed by atoms with Gasteiger partial charge in [0.2, 0.25) is 0 Å². The highest BCUT2D eigenvalue weighted by Gasteiger charge is 2.39. The van der Waals surface area contributed by atoms with Crippen molar-refractivity contribution in [2.45, 2.75) is 38.8 Å². The number of rotatable bonds is 1. The Hall–Kier alpha value is -0.810. The highest BCUT2D eigenvalue weighted by molar-refractivity contribution is 5.69. The fraction of sp³-hybridized carbons (Fsp3) is 0.909. The monoisotopic (exact) mass is 230 g/mol. The summed E-state index contributed by atoms with van der Waals surface area (Å²) in [5.74, 6) is 0. The molecule has 5 heteroatoms. The minimum absolute atomic E-state index is 0.0702. The smallest absolute Gasteiger partial charge is 0.410 e. The zero-order chi connectivity index (χ0) is 12.4. The lowest BCUT2D eigenvalue weighted by molar-refractivity contribution is -0.0217. The van der Waals surface area contributed by atoms with Crippen LogP contribution >= 0.6 is 0 Å². The van der Waals surface area contributed by atoms with Gasteiger partial charge in [-0.25, -0.2) is 4.79 Å². The fourth-order valence-electron chi connectivity index (χ4n) is 1.68. The van der Waals surface area contributed by atoms with Gasteiger partial charge in [0.05, 0.1) is 12.1 Å². The number of piperazine rings is 1. The van der Waals surface area contributed by atoms with Crippen LogP contribution in [0.2, 0.25) is 0 Å². The minimum Gasteiger partial charge on any atom is -0.444 e. The molecule has 1 aliphatic heterocycles. The summed E-state index contributed by atoms with van der Waals surface area (Å²) in [7, 11) is 0. The van der Waals surface area contributed by atoms with Gasteiger partial charge in [0, 0.05) is 19.6 Å². The van der Waals surface area contributed by atoms with Crippen LogP contribution in [0.25, 0.3) is 0 Å². The molecule has 1 saturated heterocycles. The van der Waals surface area contributed by atoms with E-state index in [1.165, 1.54) is 0 Å². The van der Waals surface area contributed by atoms with Crippen LogP contribution in [-0.2, 0) is 4.74 Å². The predicted molar refractivity (Wildman–Crippen MR) is 61.3 cm³/mol. The third-order valence-corrected chi connectivity index (χ3v) is 2.62. The van der Waals surface area contributed by atoms with Crippen LogP contribution in [0.5, 0.6) is 0 Å². The maximum atomic E-state index is 12.0. The maximum absolute atomic E-state index is 12.0. The quantitative estimate of drug-likeness (QED) is 0.691. The Labute approximate surface area is 96.8 Å². The Morgan fingerprint density at radius 1 is 1.56 bits per heavy atom. The number of nitrogens with zero attached hydrogens (tertiary/aromatic N) is 1. The molecule has 0 radical (unpaired) electrons. The molecule has 94 valence electrons. The first-order valence-electron chi connectivity index (χ1n) is 5.61. The number of nitrogens with one attached hydrogen (secondary N) is 1. The summed E-state index contributed by atoms with van der Waals surface area (Å²) in [6, 6.07) is 0. The van der Waals surface area contributed by atoms with Crippen molar-refractivity contribution in [1.29, 1.82) is 0 Å². The summed E-state index contributed by atoms with van der Waals surface area (Å²) >= 11 is 0. The molecule has 0 aromatic carbocycles. The van der Waals surface area contributed by atoms with Crippen LogP contribution in [-0.4, -0.2) is 53.5 Å². The van der Waals surface area contributed by atoms with E-state index < -0.39 is 11.1 Å². The Morgan fingerprint density at radius 3 is 2.69 bits per heavy atom. The van der Waals surface area contributed by atoms with Gasteiger partial charge in [0.25, 0.3) is 0 Å². The number of carbonyl (C=O) groups is 1. The predicted octanol–water partition coefficient (Wildman–Crippen LogP) is 0.578. The molecule has 16 heavy (non-hydrogen) atoms. The number of carbonyl (C=O) groups excluding carboxylic acids is 1. The molecule has 1 heterocycles. The number of amides is 1. The molecule has 1 aliphatic rings. The zero-order valence-corrected chi connectivity index (χ0v) is 10.5. The first-order chi connectivity index (χ1) is 7.28. The average molecular weight is 230 g/mol. The number of aliphatic hydroxyl groups is 1. The van der Waals surface area contributed by atoms with Crippen molar-refractivity contribution >= 4 is 6.09 Å². The highest BCUT2D eigenvalue weighted by atomic mass is 16.6. The minimum atomic E-state index is -0.569. The number of aliphatic hydroxyl groups excluding tert-OH is 1. The molecule has 2 N–H and O–H groups in total. The van der Waals surface area contributed by atoms with Gasteiger partial charge in [-0.15, -0.1) is 0 Å². The molecule has 0 aliphatic carbocycles. The second kappa shape index (κ2) is 4.59. The van der Waals surface area contributed by atoms with Crippen molar-refractivity contribution in [3.63, 3.8) is 0 Å². The topological polar surface area (TPSA) is 61.8 Å². The lowest BCUT2D eigenvalue weighted by Gasteiger charge is -2.44. The van der Waals surface area contributed by atoms with Crippen molar-refractivity contribution in [3.8, 4) is 0 Å².